The first-order chi connectivity index (χ1) is 18.0. The van der Waals surface area contributed by atoms with E-state index < -0.39 is 43.3 Å². The quantitative estimate of drug-likeness (QED) is 0.308. The summed E-state index contributed by atoms with van der Waals surface area (Å²) in [5, 5.41) is 12.0. The van der Waals surface area contributed by atoms with Gasteiger partial charge in [0.2, 0.25) is 5.91 Å². The predicted octanol–water partition coefficient (Wildman–Crippen LogP) is 1.84. The van der Waals surface area contributed by atoms with E-state index in [0.29, 0.717) is 49.7 Å². The van der Waals surface area contributed by atoms with E-state index in [4.69, 9.17) is 19.5 Å². The van der Waals surface area contributed by atoms with Crippen LogP contribution >= 0.6 is 0 Å². The molecule has 1 aliphatic heterocycles. The third-order valence-corrected chi connectivity index (χ3v) is 5.87. The van der Waals surface area contributed by atoms with Gasteiger partial charge < -0.3 is 28.9 Å². The minimum Gasteiger partial charge on any atom is -0.491 e. The summed E-state index contributed by atoms with van der Waals surface area (Å²) >= 11 is 0. The number of halogens is 2. The number of ether oxygens (including phenoxy) is 3. The maximum Gasteiger partial charge on any atom is 0.268 e. The number of hydrogen-bond donors (Lipinski definition) is 1. The number of nitrogens with zero attached hydrogens (tertiary/aromatic N) is 4. The standard InChI is InChI=1S/C26H33F2N5O5/c1-33(2,3)8-9-36-10-11-37-12-13-38-20-4-5-23-22(14-20)21(6-7-30-23)25(35)31-17-24(34)32-18-26(27,28)15-19(32)16-29/h4-7,14,19H,8-13,15,17-18H2,1-3H3/p+1. The Balaban J connectivity index is 1.49. The molecule has 10 nitrogen and oxygen atoms in total. The summed E-state index contributed by atoms with van der Waals surface area (Å²) in [5.41, 5.74) is 0.793. The molecule has 0 saturated carbocycles. The van der Waals surface area contributed by atoms with Crippen molar-refractivity contribution in [3.63, 3.8) is 0 Å². The van der Waals surface area contributed by atoms with E-state index in [2.05, 4.69) is 31.4 Å². The Hall–Kier alpha value is -3.40. The number of carbonyl (C=O) groups excluding carboxylic acids is 2. The van der Waals surface area contributed by atoms with Crippen molar-refractivity contribution >= 4 is 22.7 Å². The number of benzene rings is 1. The average Bonchev–Trinajstić information content (AvgIpc) is 3.19. The van der Waals surface area contributed by atoms with Crippen LogP contribution < -0.4 is 10.1 Å². The summed E-state index contributed by atoms with van der Waals surface area (Å²) in [6.45, 7) is 1.83. The van der Waals surface area contributed by atoms with Crippen LogP contribution in [-0.4, -0.2) is 112 Å². The third-order valence-electron chi connectivity index (χ3n) is 5.87. The smallest absolute Gasteiger partial charge is 0.268 e. The van der Waals surface area contributed by atoms with Gasteiger partial charge in [-0.05, 0) is 24.3 Å². The Bertz CT molecular complexity index is 1160. The van der Waals surface area contributed by atoms with E-state index in [1.807, 2.05) is 0 Å². The lowest BCUT2D eigenvalue weighted by molar-refractivity contribution is -0.870. The number of likely N-dealkylation sites (tertiary alicyclic amines) is 1. The van der Waals surface area contributed by atoms with Gasteiger partial charge in [-0.3, -0.25) is 14.6 Å². The van der Waals surface area contributed by atoms with Gasteiger partial charge in [-0.25, -0.2) is 8.78 Å². The van der Waals surface area contributed by atoms with Gasteiger partial charge in [0, 0.05) is 18.0 Å². The molecule has 3 rings (SSSR count). The van der Waals surface area contributed by atoms with Gasteiger partial charge in [0.25, 0.3) is 11.8 Å². The lowest BCUT2D eigenvalue weighted by Crippen LogP contribution is -2.43. The lowest BCUT2D eigenvalue weighted by atomic mass is 10.1. The van der Waals surface area contributed by atoms with Crippen LogP contribution in [0.5, 0.6) is 5.75 Å². The van der Waals surface area contributed by atoms with E-state index in [0.717, 1.165) is 15.9 Å². The van der Waals surface area contributed by atoms with Crippen LogP contribution in [0.2, 0.25) is 0 Å². The van der Waals surface area contributed by atoms with Crippen LogP contribution in [0, 0.1) is 11.3 Å². The zero-order valence-corrected chi connectivity index (χ0v) is 21.9. The Morgan fingerprint density at radius 2 is 1.87 bits per heavy atom. The normalized spacial score (nSPS) is 16.8. The number of carbonyl (C=O) groups is 2. The predicted molar refractivity (Wildman–Crippen MR) is 135 cm³/mol. The molecule has 0 spiro atoms. The molecule has 206 valence electrons. The highest BCUT2D eigenvalue weighted by Crippen LogP contribution is 2.31. The second kappa shape index (κ2) is 12.9. The number of hydrogen-bond acceptors (Lipinski definition) is 7. The molecule has 2 heterocycles. The van der Waals surface area contributed by atoms with Gasteiger partial charge in [0.1, 0.15) is 24.9 Å². The van der Waals surface area contributed by atoms with Crippen molar-refractivity contribution in [3.8, 4) is 11.8 Å². The second-order valence-corrected chi connectivity index (χ2v) is 10.0. The van der Waals surface area contributed by atoms with Crippen molar-refractivity contribution in [1.82, 2.24) is 15.2 Å². The third kappa shape index (κ3) is 8.58. The summed E-state index contributed by atoms with van der Waals surface area (Å²) in [4.78, 5) is 30.3. The molecular formula is C26H34F2N5O5+. The van der Waals surface area contributed by atoms with Crippen LogP contribution in [0.25, 0.3) is 10.9 Å². The fourth-order valence-electron chi connectivity index (χ4n) is 3.84. The molecule has 1 aliphatic rings. The van der Waals surface area contributed by atoms with Crippen molar-refractivity contribution in [2.45, 2.75) is 18.4 Å². The zero-order valence-electron chi connectivity index (χ0n) is 21.9. The number of aromatic nitrogens is 1. The molecular weight excluding hydrogens is 500 g/mol. The summed E-state index contributed by atoms with van der Waals surface area (Å²) in [6, 6.07) is 7.09. The van der Waals surface area contributed by atoms with E-state index in [1.54, 1.807) is 24.3 Å². The van der Waals surface area contributed by atoms with E-state index in [1.165, 1.54) is 12.3 Å². The number of nitriles is 1. The van der Waals surface area contributed by atoms with E-state index in [9.17, 15) is 18.4 Å². The Morgan fingerprint density at radius 3 is 2.58 bits per heavy atom. The number of quaternary nitrogens is 1. The largest absolute Gasteiger partial charge is 0.491 e. The maximum absolute atomic E-state index is 13.6. The fourth-order valence-corrected chi connectivity index (χ4v) is 3.84. The first-order valence-electron chi connectivity index (χ1n) is 12.3. The minimum absolute atomic E-state index is 0.249. The van der Waals surface area contributed by atoms with Gasteiger partial charge in [0.05, 0.1) is 77.8 Å². The van der Waals surface area contributed by atoms with Crippen LogP contribution in [0.3, 0.4) is 0 Å². The highest BCUT2D eigenvalue weighted by Gasteiger charge is 2.47. The Kier molecular flexibility index (Phi) is 9.90. The maximum atomic E-state index is 13.6. The van der Waals surface area contributed by atoms with Gasteiger partial charge in [0.15, 0.2) is 0 Å². The Labute approximate surface area is 220 Å². The van der Waals surface area contributed by atoms with Crippen LogP contribution in [0.1, 0.15) is 16.8 Å². The summed E-state index contributed by atoms with van der Waals surface area (Å²) in [6.07, 6.45) is 0.749. The number of nitrogens with one attached hydrogen (secondary N) is 1. The van der Waals surface area contributed by atoms with Crippen molar-refractivity contribution in [2.24, 2.45) is 0 Å². The van der Waals surface area contributed by atoms with Crippen LogP contribution in [-0.2, 0) is 14.3 Å². The molecule has 0 radical (unpaired) electrons. The molecule has 1 atom stereocenters. The van der Waals surface area contributed by atoms with Crippen molar-refractivity contribution in [2.75, 3.05) is 73.8 Å². The minimum atomic E-state index is -3.12. The van der Waals surface area contributed by atoms with E-state index >= 15 is 0 Å². The van der Waals surface area contributed by atoms with Crippen LogP contribution in [0.4, 0.5) is 8.78 Å². The first-order valence-corrected chi connectivity index (χ1v) is 12.3. The van der Waals surface area contributed by atoms with Gasteiger partial charge in [-0.2, -0.15) is 5.26 Å². The lowest BCUT2D eigenvalue weighted by Gasteiger charge is -2.23. The summed E-state index contributed by atoms with van der Waals surface area (Å²) in [7, 11) is 6.30. The topological polar surface area (TPSA) is 114 Å². The molecule has 1 N–H and O–H groups in total. The second-order valence-electron chi connectivity index (χ2n) is 10.0. The number of likely N-dealkylation sites (N-methyl/N-ethyl adjacent to an activating group) is 1. The molecule has 1 aromatic heterocycles. The fraction of sp³-hybridized carbons (Fsp3) is 0.538. The molecule has 1 fully saturated rings. The van der Waals surface area contributed by atoms with Crippen LogP contribution in [0.15, 0.2) is 30.5 Å². The molecule has 2 amide bonds. The molecule has 12 heteroatoms. The molecule has 2 aromatic rings. The monoisotopic (exact) mass is 534 g/mol. The number of fused-ring (bicyclic) bond motifs is 1. The molecule has 38 heavy (non-hydrogen) atoms. The average molecular weight is 535 g/mol. The van der Waals surface area contributed by atoms with E-state index in [-0.39, 0.29) is 5.56 Å². The molecule has 1 aromatic carbocycles. The highest BCUT2D eigenvalue weighted by molar-refractivity contribution is 6.07. The number of rotatable bonds is 13. The SMILES string of the molecule is C[N+](C)(C)CCOCCOCCOc1ccc2nccc(C(=O)NCC(=O)N3CC(F)(F)CC3C#N)c2c1. The summed E-state index contributed by atoms with van der Waals surface area (Å²) < 4.78 is 44.9. The van der Waals surface area contributed by atoms with Gasteiger partial charge in [-0.15, -0.1) is 0 Å². The van der Waals surface area contributed by atoms with Crippen molar-refractivity contribution < 1.29 is 37.1 Å². The molecule has 1 unspecified atom stereocenters. The summed E-state index contributed by atoms with van der Waals surface area (Å²) in [5.74, 6) is -3.93. The highest BCUT2D eigenvalue weighted by atomic mass is 19.3. The number of alkyl halides is 2. The molecule has 0 bridgehead atoms. The van der Waals surface area contributed by atoms with Crippen molar-refractivity contribution in [3.05, 3.63) is 36.0 Å². The Morgan fingerprint density at radius 1 is 1.16 bits per heavy atom. The number of amides is 2. The van der Waals surface area contributed by atoms with Gasteiger partial charge >= 0.3 is 0 Å². The molecule has 0 aliphatic carbocycles. The van der Waals surface area contributed by atoms with Gasteiger partial charge in [-0.1, -0.05) is 0 Å². The molecule has 1 saturated heterocycles. The zero-order chi connectivity index (χ0) is 27.8. The number of pyridine rings is 1. The first kappa shape index (κ1) is 29.2. The van der Waals surface area contributed by atoms with Crippen molar-refractivity contribution in [1.29, 1.82) is 5.26 Å².